The molecular formula is C16H18N2O4. The molecule has 0 radical (unpaired) electrons. The lowest BCUT2D eigenvalue weighted by Crippen LogP contribution is -2.42. The third kappa shape index (κ3) is 2.82. The fourth-order valence-corrected chi connectivity index (χ4v) is 2.58. The highest BCUT2D eigenvalue weighted by atomic mass is 16.6. The average molecular weight is 302 g/mol. The van der Waals surface area contributed by atoms with Crippen LogP contribution >= 0.6 is 0 Å². The van der Waals surface area contributed by atoms with Crippen LogP contribution in [0.1, 0.15) is 27.7 Å². The molecule has 0 bridgehead atoms. The van der Waals surface area contributed by atoms with E-state index >= 15 is 0 Å². The molecule has 6 nitrogen and oxygen atoms in total. The van der Waals surface area contributed by atoms with Crippen LogP contribution in [0.3, 0.4) is 0 Å². The van der Waals surface area contributed by atoms with Crippen LogP contribution in [0, 0.1) is 6.92 Å². The summed E-state index contributed by atoms with van der Waals surface area (Å²) in [5, 5.41) is 0. The largest absolute Gasteiger partial charge is 0.454 e. The Kier molecular flexibility index (Phi) is 4.11. The molecule has 1 fully saturated rings. The van der Waals surface area contributed by atoms with E-state index in [1.165, 1.54) is 13.4 Å². The predicted octanol–water partition coefficient (Wildman–Crippen LogP) is 2.21. The molecule has 2 heterocycles. The number of carbonyl (C=O) groups excluding carboxylic acids is 1. The second-order valence-corrected chi connectivity index (χ2v) is 5.17. The quantitative estimate of drug-likeness (QED) is 0.869. The molecular weight excluding hydrogens is 284 g/mol. The van der Waals surface area contributed by atoms with E-state index in [-0.39, 0.29) is 23.8 Å². The highest BCUT2D eigenvalue weighted by molar-refractivity contribution is 5.92. The first-order chi connectivity index (χ1) is 10.7. The molecule has 1 aromatic carbocycles. The molecule has 3 rings (SSSR count). The van der Waals surface area contributed by atoms with Gasteiger partial charge in [0.05, 0.1) is 20.3 Å². The Labute approximate surface area is 128 Å². The Morgan fingerprint density at radius 1 is 1.41 bits per heavy atom. The van der Waals surface area contributed by atoms with E-state index in [1.807, 2.05) is 31.2 Å². The number of benzene rings is 1. The number of morpholine rings is 1. The minimum Gasteiger partial charge on any atom is -0.454 e. The summed E-state index contributed by atoms with van der Waals surface area (Å²) < 4.78 is 15.7. The summed E-state index contributed by atoms with van der Waals surface area (Å²) in [7, 11) is 1.45. The van der Waals surface area contributed by atoms with Crippen molar-refractivity contribution in [3.05, 3.63) is 47.3 Å². The van der Waals surface area contributed by atoms with E-state index in [1.54, 1.807) is 4.90 Å². The van der Waals surface area contributed by atoms with Crippen molar-refractivity contribution in [1.82, 2.24) is 9.88 Å². The first-order valence-corrected chi connectivity index (χ1v) is 7.15. The fourth-order valence-electron chi connectivity index (χ4n) is 2.58. The highest BCUT2D eigenvalue weighted by Gasteiger charge is 2.28. The van der Waals surface area contributed by atoms with Crippen LogP contribution in [0.2, 0.25) is 0 Å². The fraction of sp³-hybridized carbons (Fsp3) is 0.375. The van der Waals surface area contributed by atoms with E-state index in [4.69, 9.17) is 13.9 Å². The van der Waals surface area contributed by atoms with Gasteiger partial charge < -0.3 is 18.8 Å². The van der Waals surface area contributed by atoms with Gasteiger partial charge >= 0.3 is 6.08 Å². The first-order valence-electron chi connectivity index (χ1n) is 7.15. The standard InChI is InChI=1S/C16H18N2O4/c1-11-5-3-4-6-12(11)14-9-18(7-8-21-14)15(19)13-10-22-16(17-13)20-2/h3-6,10,14H,7-9H2,1-2H3. The summed E-state index contributed by atoms with van der Waals surface area (Å²) in [5.41, 5.74) is 2.52. The molecule has 0 spiro atoms. The third-order valence-electron chi connectivity index (χ3n) is 3.77. The van der Waals surface area contributed by atoms with Crippen molar-refractivity contribution in [3.63, 3.8) is 0 Å². The smallest absolute Gasteiger partial charge is 0.393 e. The molecule has 1 atom stereocenters. The van der Waals surface area contributed by atoms with Crippen LogP contribution in [0.5, 0.6) is 6.08 Å². The SMILES string of the molecule is COc1nc(C(=O)N2CCOC(c3ccccc3C)C2)co1. The maximum Gasteiger partial charge on any atom is 0.393 e. The molecule has 1 aliphatic rings. The van der Waals surface area contributed by atoms with E-state index in [0.717, 1.165) is 11.1 Å². The van der Waals surface area contributed by atoms with Crippen molar-refractivity contribution < 1.29 is 18.7 Å². The zero-order valence-corrected chi connectivity index (χ0v) is 12.6. The van der Waals surface area contributed by atoms with Gasteiger partial charge in [0.2, 0.25) is 0 Å². The Balaban J connectivity index is 1.75. The zero-order chi connectivity index (χ0) is 15.5. The Hall–Kier alpha value is -2.34. The van der Waals surface area contributed by atoms with Gasteiger partial charge in [-0.05, 0) is 18.1 Å². The topological polar surface area (TPSA) is 64.8 Å². The number of oxazole rings is 1. The van der Waals surface area contributed by atoms with E-state index in [0.29, 0.717) is 19.7 Å². The highest BCUT2D eigenvalue weighted by Crippen LogP contribution is 2.25. The van der Waals surface area contributed by atoms with Gasteiger partial charge in [-0.1, -0.05) is 24.3 Å². The van der Waals surface area contributed by atoms with Crippen LogP contribution in [0.15, 0.2) is 34.9 Å². The summed E-state index contributed by atoms with van der Waals surface area (Å²) in [6.07, 6.45) is 1.29. The summed E-state index contributed by atoms with van der Waals surface area (Å²) in [5.74, 6) is -0.172. The van der Waals surface area contributed by atoms with Gasteiger partial charge in [0.15, 0.2) is 5.69 Å². The molecule has 0 saturated carbocycles. The Morgan fingerprint density at radius 2 is 2.23 bits per heavy atom. The van der Waals surface area contributed by atoms with Gasteiger partial charge in [0, 0.05) is 6.54 Å². The Morgan fingerprint density at radius 3 is 2.95 bits per heavy atom. The van der Waals surface area contributed by atoms with Gasteiger partial charge in [-0.25, -0.2) is 0 Å². The number of ether oxygens (including phenoxy) is 2. The minimum atomic E-state index is -0.172. The monoisotopic (exact) mass is 302 g/mol. The van der Waals surface area contributed by atoms with Crippen LogP contribution in [-0.4, -0.2) is 42.6 Å². The molecule has 0 aliphatic carbocycles. The van der Waals surface area contributed by atoms with Crippen molar-refractivity contribution in [2.45, 2.75) is 13.0 Å². The summed E-state index contributed by atoms with van der Waals surface area (Å²) >= 11 is 0. The van der Waals surface area contributed by atoms with E-state index in [2.05, 4.69) is 4.98 Å². The second-order valence-electron chi connectivity index (χ2n) is 5.17. The van der Waals surface area contributed by atoms with E-state index in [9.17, 15) is 4.79 Å². The van der Waals surface area contributed by atoms with Crippen LogP contribution in [0.25, 0.3) is 0 Å². The predicted molar refractivity (Wildman–Crippen MR) is 78.8 cm³/mol. The summed E-state index contributed by atoms with van der Waals surface area (Å²) in [4.78, 5) is 18.2. The van der Waals surface area contributed by atoms with Crippen molar-refractivity contribution >= 4 is 5.91 Å². The normalized spacial score (nSPS) is 18.3. The molecule has 0 N–H and O–H groups in total. The number of rotatable bonds is 3. The molecule has 1 amide bonds. The lowest BCUT2D eigenvalue weighted by molar-refractivity contribution is -0.0232. The molecule has 116 valence electrons. The molecule has 1 unspecified atom stereocenters. The number of aryl methyl sites for hydroxylation is 1. The van der Waals surface area contributed by atoms with Gasteiger partial charge in [-0.3, -0.25) is 4.79 Å². The third-order valence-corrected chi connectivity index (χ3v) is 3.77. The number of methoxy groups -OCH3 is 1. The van der Waals surface area contributed by atoms with Gasteiger partial charge in [0.1, 0.15) is 12.4 Å². The maximum atomic E-state index is 12.5. The number of amides is 1. The maximum absolute atomic E-state index is 12.5. The van der Waals surface area contributed by atoms with Crippen molar-refractivity contribution in [2.24, 2.45) is 0 Å². The van der Waals surface area contributed by atoms with Gasteiger partial charge in [-0.15, -0.1) is 0 Å². The van der Waals surface area contributed by atoms with Gasteiger partial charge in [0.25, 0.3) is 5.91 Å². The lowest BCUT2D eigenvalue weighted by Gasteiger charge is -2.33. The molecule has 22 heavy (non-hydrogen) atoms. The van der Waals surface area contributed by atoms with Crippen LogP contribution in [0.4, 0.5) is 0 Å². The molecule has 1 aliphatic heterocycles. The number of hydrogen-bond acceptors (Lipinski definition) is 5. The van der Waals surface area contributed by atoms with Gasteiger partial charge in [-0.2, -0.15) is 4.98 Å². The molecule has 1 saturated heterocycles. The molecule has 1 aromatic heterocycles. The number of nitrogens with zero attached hydrogens (tertiary/aromatic N) is 2. The Bertz CT molecular complexity index is 668. The molecule has 6 heteroatoms. The first kappa shape index (κ1) is 14.6. The van der Waals surface area contributed by atoms with Crippen molar-refractivity contribution in [1.29, 1.82) is 0 Å². The van der Waals surface area contributed by atoms with Crippen molar-refractivity contribution in [2.75, 3.05) is 26.8 Å². The van der Waals surface area contributed by atoms with Crippen LogP contribution < -0.4 is 4.74 Å². The number of hydrogen-bond donors (Lipinski definition) is 0. The number of carbonyl (C=O) groups is 1. The number of aromatic nitrogens is 1. The lowest BCUT2D eigenvalue weighted by atomic mass is 10.0. The zero-order valence-electron chi connectivity index (χ0n) is 12.6. The van der Waals surface area contributed by atoms with Crippen molar-refractivity contribution in [3.8, 4) is 6.08 Å². The average Bonchev–Trinajstić information content (AvgIpc) is 3.04. The second kappa shape index (κ2) is 6.19. The van der Waals surface area contributed by atoms with E-state index < -0.39 is 0 Å². The summed E-state index contributed by atoms with van der Waals surface area (Å²) in [6, 6.07) is 8.05. The molecule has 2 aromatic rings. The van der Waals surface area contributed by atoms with Crippen LogP contribution in [-0.2, 0) is 4.74 Å². The summed E-state index contributed by atoms with van der Waals surface area (Å²) in [6.45, 7) is 3.58. The minimum absolute atomic E-state index is 0.0899.